The Labute approximate surface area is 140 Å². The van der Waals surface area contributed by atoms with E-state index >= 15 is 0 Å². The highest BCUT2D eigenvalue weighted by molar-refractivity contribution is 6.01. The molecule has 0 aromatic heterocycles. The van der Waals surface area contributed by atoms with E-state index in [1.54, 1.807) is 54.6 Å². The highest BCUT2D eigenvalue weighted by atomic mass is 16.5. The number of benzene rings is 2. The minimum atomic E-state index is -1.04. The van der Waals surface area contributed by atoms with Gasteiger partial charge in [-0.25, -0.2) is 0 Å². The summed E-state index contributed by atoms with van der Waals surface area (Å²) in [7, 11) is 1.25. The molecule has 1 unspecified atom stereocenters. The fourth-order valence-corrected chi connectivity index (χ4v) is 2.15. The molecule has 0 N–H and O–H groups in total. The van der Waals surface area contributed by atoms with Crippen molar-refractivity contribution in [2.75, 3.05) is 7.11 Å². The number of ether oxygens (including phenoxy) is 2. The van der Waals surface area contributed by atoms with Gasteiger partial charge in [-0.1, -0.05) is 60.7 Å². The molecule has 0 spiro atoms. The van der Waals surface area contributed by atoms with E-state index in [4.69, 9.17) is 4.74 Å². The van der Waals surface area contributed by atoms with Crippen molar-refractivity contribution in [1.82, 2.24) is 0 Å². The Morgan fingerprint density at radius 3 is 1.96 bits per heavy atom. The second-order valence-electron chi connectivity index (χ2n) is 5.09. The lowest BCUT2D eigenvalue weighted by molar-refractivity contribution is -0.151. The van der Waals surface area contributed by atoms with Crippen LogP contribution in [-0.4, -0.2) is 24.8 Å². The summed E-state index contributed by atoms with van der Waals surface area (Å²) >= 11 is 0. The first-order chi connectivity index (χ1) is 11.6. The molecule has 0 radical (unpaired) electrons. The Kier molecular flexibility index (Phi) is 6.25. The summed E-state index contributed by atoms with van der Waals surface area (Å²) in [6.45, 7) is 0. The molecule has 2 rings (SSSR count). The van der Waals surface area contributed by atoms with Crippen molar-refractivity contribution in [3.05, 3.63) is 71.8 Å². The molecule has 5 nitrogen and oxygen atoms in total. The van der Waals surface area contributed by atoms with Crippen LogP contribution < -0.4 is 0 Å². The first-order valence-electron chi connectivity index (χ1n) is 7.52. The van der Waals surface area contributed by atoms with E-state index in [-0.39, 0.29) is 18.6 Å². The Morgan fingerprint density at radius 2 is 1.38 bits per heavy atom. The van der Waals surface area contributed by atoms with Crippen LogP contribution in [0.3, 0.4) is 0 Å². The lowest BCUT2D eigenvalue weighted by atomic mass is 10.00. The van der Waals surface area contributed by atoms with Gasteiger partial charge in [-0.15, -0.1) is 0 Å². The third-order valence-corrected chi connectivity index (χ3v) is 3.41. The topological polar surface area (TPSA) is 69.7 Å². The van der Waals surface area contributed by atoms with Crippen LogP contribution in [0.2, 0.25) is 0 Å². The minimum Gasteiger partial charge on any atom is -0.469 e. The van der Waals surface area contributed by atoms with Gasteiger partial charge in [0.1, 0.15) is 0 Å². The summed E-state index contributed by atoms with van der Waals surface area (Å²) in [6.07, 6.45) is -1.27. The van der Waals surface area contributed by atoms with Crippen molar-refractivity contribution >= 4 is 17.7 Å². The lowest BCUT2D eigenvalue weighted by Gasteiger charge is -2.17. The van der Waals surface area contributed by atoms with Crippen LogP contribution in [-0.2, 0) is 19.1 Å². The number of ketones is 1. The van der Waals surface area contributed by atoms with Gasteiger partial charge in [0, 0.05) is 11.1 Å². The summed E-state index contributed by atoms with van der Waals surface area (Å²) < 4.78 is 9.84. The van der Waals surface area contributed by atoms with Crippen LogP contribution in [0.1, 0.15) is 34.9 Å². The quantitative estimate of drug-likeness (QED) is 0.577. The molecule has 0 fully saturated rings. The van der Waals surface area contributed by atoms with Crippen molar-refractivity contribution < 1.29 is 23.9 Å². The fourth-order valence-electron chi connectivity index (χ4n) is 2.15. The molecule has 0 saturated carbocycles. The van der Waals surface area contributed by atoms with Crippen molar-refractivity contribution in [2.45, 2.75) is 18.9 Å². The molecule has 5 heteroatoms. The molecule has 124 valence electrons. The zero-order chi connectivity index (χ0) is 17.4. The average molecular weight is 326 g/mol. The number of hydrogen-bond acceptors (Lipinski definition) is 5. The maximum absolute atomic E-state index is 12.7. The SMILES string of the molecule is COC(=O)CCC(=O)OC(C(=O)c1ccccc1)c1ccccc1. The summed E-state index contributed by atoms with van der Waals surface area (Å²) in [5.41, 5.74) is 1.03. The van der Waals surface area contributed by atoms with E-state index in [1.807, 2.05) is 6.07 Å². The van der Waals surface area contributed by atoms with E-state index in [1.165, 1.54) is 7.11 Å². The predicted octanol–water partition coefficient (Wildman–Crippen LogP) is 3.11. The van der Waals surface area contributed by atoms with E-state index < -0.39 is 18.0 Å². The summed E-state index contributed by atoms with van der Waals surface area (Å²) in [5.74, 6) is -1.44. The Morgan fingerprint density at radius 1 is 0.833 bits per heavy atom. The first-order valence-corrected chi connectivity index (χ1v) is 7.52. The molecule has 0 amide bonds. The molecule has 0 bridgehead atoms. The zero-order valence-electron chi connectivity index (χ0n) is 13.3. The molecule has 0 heterocycles. The van der Waals surface area contributed by atoms with E-state index in [2.05, 4.69) is 4.74 Å². The van der Waals surface area contributed by atoms with Crippen LogP contribution >= 0.6 is 0 Å². The largest absolute Gasteiger partial charge is 0.469 e. The Bertz CT molecular complexity index is 694. The summed E-state index contributed by atoms with van der Waals surface area (Å²) in [6, 6.07) is 17.4. The smallest absolute Gasteiger partial charge is 0.307 e. The number of Topliss-reactive ketones (excluding diaryl/α,β-unsaturated/α-hetero) is 1. The average Bonchev–Trinajstić information content (AvgIpc) is 2.65. The highest BCUT2D eigenvalue weighted by Crippen LogP contribution is 2.23. The van der Waals surface area contributed by atoms with Crippen LogP contribution in [0.15, 0.2) is 60.7 Å². The fraction of sp³-hybridized carbons (Fsp3) is 0.211. The van der Waals surface area contributed by atoms with E-state index in [9.17, 15) is 14.4 Å². The highest BCUT2D eigenvalue weighted by Gasteiger charge is 2.26. The van der Waals surface area contributed by atoms with Gasteiger partial charge >= 0.3 is 11.9 Å². The van der Waals surface area contributed by atoms with Crippen LogP contribution in [0.4, 0.5) is 0 Å². The third kappa shape index (κ3) is 4.78. The summed E-state index contributed by atoms with van der Waals surface area (Å²) in [5, 5.41) is 0. The maximum atomic E-state index is 12.7. The van der Waals surface area contributed by atoms with Gasteiger partial charge < -0.3 is 9.47 Å². The monoisotopic (exact) mass is 326 g/mol. The van der Waals surface area contributed by atoms with Crippen LogP contribution in [0, 0.1) is 0 Å². The Balaban J connectivity index is 2.16. The number of esters is 2. The lowest BCUT2D eigenvalue weighted by Crippen LogP contribution is -2.20. The molecule has 0 aliphatic rings. The molecule has 1 atom stereocenters. The van der Waals surface area contributed by atoms with Gasteiger partial charge in [0.15, 0.2) is 6.10 Å². The maximum Gasteiger partial charge on any atom is 0.307 e. The van der Waals surface area contributed by atoms with Gasteiger partial charge in [0.05, 0.1) is 20.0 Å². The van der Waals surface area contributed by atoms with Gasteiger partial charge in [-0.3, -0.25) is 14.4 Å². The molecule has 0 saturated heterocycles. The van der Waals surface area contributed by atoms with Crippen molar-refractivity contribution in [3.8, 4) is 0 Å². The molecular weight excluding hydrogens is 308 g/mol. The van der Waals surface area contributed by atoms with Crippen molar-refractivity contribution in [1.29, 1.82) is 0 Å². The van der Waals surface area contributed by atoms with Gasteiger partial charge in [0.25, 0.3) is 0 Å². The molecule has 2 aromatic rings. The van der Waals surface area contributed by atoms with E-state index in [0.29, 0.717) is 11.1 Å². The normalized spacial score (nSPS) is 11.4. The number of carbonyl (C=O) groups excluding carboxylic acids is 3. The van der Waals surface area contributed by atoms with Gasteiger partial charge in [-0.2, -0.15) is 0 Å². The molecule has 2 aromatic carbocycles. The second kappa shape index (κ2) is 8.62. The number of rotatable bonds is 7. The second-order valence-corrected chi connectivity index (χ2v) is 5.09. The summed E-state index contributed by atoms with van der Waals surface area (Å²) in [4.78, 5) is 35.8. The van der Waals surface area contributed by atoms with Crippen LogP contribution in [0.25, 0.3) is 0 Å². The molecule has 24 heavy (non-hydrogen) atoms. The Hall–Kier alpha value is -2.95. The number of carbonyl (C=O) groups is 3. The predicted molar refractivity (Wildman–Crippen MR) is 87.3 cm³/mol. The molecule has 0 aliphatic heterocycles. The third-order valence-electron chi connectivity index (χ3n) is 3.41. The number of hydrogen-bond donors (Lipinski definition) is 0. The van der Waals surface area contributed by atoms with E-state index in [0.717, 1.165) is 0 Å². The van der Waals surface area contributed by atoms with Gasteiger partial charge in [-0.05, 0) is 0 Å². The van der Waals surface area contributed by atoms with Crippen molar-refractivity contribution in [3.63, 3.8) is 0 Å². The minimum absolute atomic E-state index is 0.0869. The first kappa shape index (κ1) is 17.4. The van der Waals surface area contributed by atoms with Crippen LogP contribution in [0.5, 0.6) is 0 Å². The number of methoxy groups -OCH3 is 1. The van der Waals surface area contributed by atoms with Crippen molar-refractivity contribution in [2.24, 2.45) is 0 Å². The molecular formula is C19H18O5. The molecule has 0 aliphatic carbocycles. The standard InChI is InChI=1S/C19H18O5/c1-23-16(20)12-13-17(21)24-19(15-10-6-3-7-11-15)18(22)14-8-4-2-5-9-14/h2-11,19H,12-13H2,1H3. The van der Waals surface area contributed by atoms with Gasteiger partial charge in [0.2, 0.25) is 5.78 Å². The zero-order valence-corrected chi connectivity index (χ0v) is 13.3.